The Hall–Kier alpha value is -1.13. The van der Waals surface area contributed by atoms with Gasteiger partial charge in [-0.05, 0) is 36.6 Å². The molecule has 1 rings (SSSR count). The average molecular weight is 296 g/mol. The zero-order chi connectivity index (χ0) is 15.8. The molecular formula is C17H29FN2O. The summed E-state index contributed by atoms with van der Waals surface area (Å²) in [5.41, 5.74) is 1.97. The molecule has 1 aromatic rings. The fourth-order valence-electron chi connectivity index (χ4n) is 2.63. The number of nitrogens with zero attached hydrogens (tertiary/aromatic N) is 1. The van der Waals surface area contributed by atoms with Crippen molar-refractivity contribution in [2.75, 3.05) is 18.1 Å². The van der Waals surface area contributed by atoms with E-state index in [1.807, 2.05) is 6.07 Å². The summed E-state index contributed by atoms with van der Waals surface area (Å²) in [6.45, 7) is 9.75. The van der Waals surface area contributed by atoms with Gasteiger partial charge in [-0.1, -0.05) is 27.7 Å². The highest BCUT2D eigenvalue weighted by molar-refractivity contribution is 5.54. The molecule has 0 fully saturated rings. The highest BCUT2D eigenvalue weighted by atomic mass is 19.1. The van der Waals surface area contributed by atoms with Crippen LogP contribution in [-0.4, -0.2) is 30.3 Å². The van der Waals surface area contributed by atoms with E-state index in [1.165, 1.54) is 6.07 Å². The molecule has 0 aromatic heterocycles. The lowest BCUT2D eigenvalue weighted by Gasteiger charge is -2.34. The summed E-state index contributed by atoms with van der Waals surface area (Å²) in [6.07, 6.45) is 2.01. The molecule has 3 nitrogen and oxygen atoms in total. The number of anilines is 1. The maximum absolute atomic E-state index is 13.6. The number of aliphatic hydroxyl groups excluding tert-OH is 1. The van der Waals surface area contributed by atoms with Gasteiger partial charge >= 0.3 is 0 Å². The molecule has 0 aliphatic rings. The van der Waals surface area contributed by atoms with Crippen molar-refractivity contribution in [2.45, 2.75) is 59.2 Å². The van der Waals surface area contributed by atoms with Gasteiger partial charge in [-0.15, -0.1) is 0 Å². The van der Waals surface area contributed by atoms with Crippen LogP contribution < -0.4 is 10.2 Å². The van der Waals surface area contributed by atoms with Crippen LogP contribution in [0, 0.1) is 5.82 Å². The molecule has 4 heteroatoms. The first-order valence-corrected chi connectivity index (χ1v) is 7.92. The monoisotopic (exact) mass is 296 g/mol. The lowest BCUT2D eigenvalue weighted by molar-refractivity contribution is 0.296. The van der Waals surface area contributed by atoms with Crippen molar-refractivity contribution in [1.82, 2.24) is 5.32 Å². The van der Waals surface area contributed by atoms with Gasteiger partial charge in [0, 0.05) is 30.9 Å². The molecule has 2 N–H and O–H groups in total. The minimum atomic E-state index is -0.215. The molecule has 0 aliphatic carbocycles. The van der Waals surface area contributed by atoms with Gasteiger partial charge in [0.1, 0.15) is 5.82 Å². The third-order valence-electron chi connectivity index (χ3n) is 3.78. The minimum Gasteiger partial charge on any atom is -0.395 e. The van der Waals surface area contributed by atoms with E-state index in [-0.39, 0.29) is 12.4 Å². The Kier molecular flexibility index (Phi) is 7.68. The number of aliphatic hydroxyl groups is 1. The first-order valence-electron chi connectivity index (χ1n) is 7.92. The minimum absolute atomic E-state index is 0.102. The maximum atomic E-state index is 13.6. The molecule has 0 atom stereocenters. The smallest absolute Gasteiger partial charge is 0.123 e. The Morgan fingerprint density at radius 2 is 1.90 bits per heavy atom. The summed E-state index contributed by atoms with van der Waals surface area (Å²) < 4.78 is 13.6. The van der Waals surface area contributed by atoms with Gasteiger partial charge in [0.2, 0.25) is 0 Å². The Bertz CT molecular complexity index is 419. The second kappa shape index (κ2) is 9.00. The molecular weight excluding hydrogens is 267 g/mol. The van der Waals surface area contributed by atoms with E-state index >= 15 is 0 Å². The van der Waals surface area contributed by atoms with E-state index in [0.29, 0.717) is 25.2 Å². The summed E-state index contributed by atoms with van der Waals surface area (Å²) in [7, 11) is 0. The van der Waals surface area contributed by atoms with Gasteiger partial charge in [-0.2, -0.15) is 0 Å². The van der Waals surface area contributed by atoms with Gasteiger partial charge in [0.15, 0.2) is 0 Å². The average Bonchev–Trinajstić information content (AvgIpc) is 2.45. The molecule has 0 unspecified atom stereocenters. The Labute approximate surface area is 128 Å². The van der Waals surface area contributed by atoms with Crippen molar-refractivity contribution in [3.05, 3.63) is 29.6 Å². The molecule has 120 valence electrons. The van der Waals surface area contributed by atoms with Crippen molar-refractivity contribution in [2.24, 2.45) is 0 Å². The fourth-order valence-corrected chi connectivity index (χ4v) is 2.63. The van der Waals surface area contributed by atoms with Crippen molar-refractivity contribution in [3.8, 4) is 0 Å². The van der Waals surface area contributed by atoms with Crippen LogP contribution >= 0.6 is 0 Å². The number of nitrogens with one attached hydrogen (secondary N) is 1. The SMILES string of the molecule is CCC(CC)N(CCO)c1ccc(F)cc1CNC(C)C. The number of rotatable bonds is 9. The molecule has 1 aromatic carbocycles. The van der Waals surface area contributed by atoms with Gasteiger partial charge < -0.3 is 15.3 Å². The number of hydrogen-bond acceptors (Lipinski definition) is 3. The largest absolute Gasteiger partial charge is 0.395 e. The molecule has 0 spiro atoms. The number of benzene rings is 1. The van der Waals surface area contributed by atoms with Crippen LogP contribution in [-0.2, 0) is 6.54 Å². The Morgan fingerprint density at radius 1 is 1.24 bits per heavy atom. The van der Waals surface area contributed by atoms with E-state index in [9.17, 15) is 9.50 Å². The van der Waals surface area contributed by atoms with Crippen LogP contribution in [0.3, 0.4) is 0 Å². The van der Waals surface area contributed by atoms with E-state index < -0.39 is 0 Å². The first-order chi connectivity index (χ1) is 10.0. The molecule has 0 heterocycles. The van der Waals surface area contributed by atoms with Crippen molar-refractivity contribution >= 4 is 5.69 Å². The second-order valence-corrected chi connectivity index (χ2v) is 5.70. The Balaban J connectivity index is 3.10. The highest BCUT2D eigenvalue weighted by Crippen LogP contribution is 2.26. The third-order valence-corrected chi connectivity index (χ3v) is 3.78. The molecule has 21 heavy (non-hydrogen) atoms. The van der Waals surface area contributed by atoms with Crippen LogP contribution in [0.25, 0.3) is 0 Å². The first kappa shape index (κ1) is 17.9. The summed E-state index contributed by atoms with van der Waals surface area (Å²) >= 11 is 0. The van der Waals surface area contributed by atoms with Crippen LogP contribution in [0.4, 0.5) is 10.1 Å². The normalized spacial score (nSPS) is 11.4. The fraction of sp³-hybridized carbons (Fsp3) is 0.647. The van der Waals surface area contributed by atoms with Gasteiger partial charge in [0.05, 0.1) is 6.61 Å². The highest BCUT2D eigenvalue weighted by Gasteiger charge is 2.18. The number of halogens is 1. The molecule has 0 saturated carbocycles. The zero-order valence-electron chi connectivity index (χ0n) is 13.7. The third kappa shape index (κ3) is 5.29. The topological polar surface area (TPSA) is 35.5 Å². The molecule has 0 bridgehead atoms. The van der Waals surface area contributed by atoms with Crippen LogP contribution in [0.5, 0.6) is 0 Å². The predicted octanol–water partition coefficient (Wildman–Crippen LogP) is 3.31. The van der Waals surface area contributed by atoms with E-state index in [4.69, 9.17) is 0 Å². The summed E-state index contributed by atoms with van der Waals surface area (Å²) in [6, 6.07) is 5.64. The summed E-state index contributed by atoms with van der Waals surface area (Å²) in [4.78, 5) is 2.21. The molecule has 0 aliphatic heterocycles. The quantitative estimate of drug-likeness (QED) is 0.734. The van der Waals surface area contributed by atoms with E-state index in [2.05, 4.69) is 37.9 Å². The van der Waals surface area contributed by atoms with Crippen LogP contribution in [0.2, 0.25) is 0 Å². The van der Waals surface area contributed by atoms with Gasteiger partial charge in [0.25, 0.3) is 0 Å². The zero-order valence-corrected chi connectivity index (χ0v) is 13.7. The maximum Gasteiger partial charge on any atom is 0.123 e. The summed E-state index contributed by atoms with van der Waals surface area (Å²) in [5, 5.41) is 12.7. The van der Waals surface area contributed by atoms with Gasteiger partial charge in [-0.25, -0.2) is 4.39 Å². The van der Waals surface area contributed by atoms with E-state index in [0.717, 1.165) is 24.1 Å². The standard InChI is InChI=1S/C17H29FN2O/c1-5-16(6-2)20(9-10-21)17-8-7-15(18)11-14(17)12-19-13(3)4/h7-8,11,13,16,19,21H,5-6,9-10,12H2,1-4H3. The van der Waals surface area contributed by atoms with Crippen LogP contribution in [0.15, 0.2) is 18.2 Å². The lowest BCUT2D eigenvalue weighted by atomic mass is 10.1. The Morgan fingerprint density at radius 3 is 2.43 bits per heavy atom. The lowest BCUT2D eigenvalue weighted by Crippen LogP contribution is -2.38. The number of hydrogen-bond donors (Lipinski definition) is 2. The second-order valence-electron chi connectivity index (χ2n) is 5.70. The molecule has 0 amide bonds. The molecule has 0 saturated heterocycles. The van der Waals surface area contributed by atoms with E-state index in [1.54, 1.807) is 6.07 Å². The van der Waals surface area contributed by atoms with Crippen molar-refractivity contribution in [3.63, 3.8) is 0 Å². The molecule has 0 radical (unpaired) electrons. The van der Waals surface area contributed by atoms with Crippen molar-refractivity contribution in [1.29, 1.82) is 0 Å². The van der Waals surface area contributed by atoms with Gasteiger partial charge in [-0.3, -0.25) is 0 Å². The summed E-state index contributed by atoms with van der Waals surface area (Å²) in [5.74, 6) is -0.215. The van der Waals surface area contributed by atoms with Crippen LogP contribution in [0.1, 0.15) is 46.1 Å². The predicted molar refractivity (Wildman–Crippen MR) is 87.2 cm³/mol. The van der Waals surface area contributed by atoms with Crippen molar-refractivity contribution < 1.29 is 9.50 Å².